The molecule has 5 atom stereocenters. The van der Waals surface area contributed by atoms with Crippen LogP contribution in [0.15, 0.2) is 27.5 Å². The number of anilines is 1. The van der Waals surface area contributed by atoms with Gasteiger partial charge in [0.05, 0.1) is 12.7 Å². The number of alkyl carbamates (subject to hydrolysis) is 1. The maximum Gasteiger partial charge on any atom is 0.407 e. The first-order chi connectivity index (χ1) is 17.3. The Morgan fingerprint density at radius 2 is 2.14 bits per heavy atom. The minimum atomic E-state index is -0.351. The zero-order chi connectivity index (χ0) is 25.2. The van der Waals surface area contributed by atoms with Gasteiger partial charge in [0.2, 0.25) is 0 Å². The predicted octanol–water partition coefficient (Wildman–Crippen LogP) is 4.88. The Kier molecular flexibility index (Phi) is 7.95. The Balaban J connectivity index is 1.08. The molecule has 2 N–H and O–H groups in total. The van der Waals surface area contributed by atoms with Crippen molar-refractivity contribution in [1.82, 2.24) is 14.6 Å². The lowest BCUT2D eigenvalue weighted by Gasteiger charge is -2.31. The molecule has 2 bridgehead atoms. The SMILES string of the molecule is CC(C)CN(CCCNC(=O)O[C@H]1CC2COC3OC1CC23)Sc1ccc2nc(NC(C)C)oc2c1. The van der Waals surface area contributed by atoms with Gasteiger partial charge in [0.15, 0.2) is 11.9 Å². The van der Waals surface area contributed by atoms with E-state index in [1.54, 1.807) is 11.9 Å². The van der Waals surface area contributed by atoms with E-state index >= 15 is 0 Å². The molecule has 0 spiro atoms. The fraction of sp³-hybridized carbons (Fsp3) is 0.692. The average Bonchev–Trinajstić information content (AvgIpc) is 3.48. The second-order valence-corrected chi connectivity index (χ2v) is 12.0. The monoisotopic (exact) mass is 518 g/mol. The first-order valence-corrected chi connectivity index (χ1v) is 13.9. The number of nitrogens with one attached hydrogen (secondary N) is 2. The molecule has 198 valence electrons. The van der Waals surface area contributed by atoms with Crippen molar-refractivity contribution < 1.29 is 23.4 Å². The summed E-state index contributed by atoms with van der Waals surface area (Å²) >= 11 is 1.71. The van der Waals surface area contributed by atoms with Crippen molar-refractivity contribution >= 4 is 35.2 Å². The molecule has 3 heterocycles. The number of hydrogen-bond acceptors (Lipinski definition) is 9. The van der Waals surface area contributed by atoms with Crippen molar-refractivity contribution in [2.24, 2.45) is 17.8 Å². The molecule has 1 saturated carbocycles. The Bertz CT molecular complexity index is 1040. The molecular weight excluding hydrogens is 480 g/mol. The first kappa shape index (κ1) is 25.6. The summed E-state index contributed by atoms with van der Waals surface area (Å²) in [7, 11) is 0. The topological polar surface area (TPSA) is 98.1 Å². The van der Waals surface area contributed by atoms with Gasteiger partial charge in [-0.2, -0.15) is 4.98 Å². The number of hydrogen-bond donors (Lipinski definition) is 2. The number of fused-ring (bicyclic) bond motifs is 2. The van der Waals surface area contributed by atoms with E-state index < -0.39 is 0 Å². The number of nitrogens with zero attached hydrogens (tertiary/aromatic N) is 2. The molecule has 2 saturated heterocycles. The summed E-state index contributed by atoms with van der Waals surface area (Å²) in [4.78, 5) is 18.0. The number of amides is 1. The number of ether oxygens (including phenoxy) is 3. The molecule has 0 radical (unpaired) electrons. The highest BCUT2D eigenvalue weighted by atomic mass is 32.2. The molecule has 5 rings (SSSR count). The summed E-state index contributed by atoms with van der Waals surface area (Å²) < 4.78 is 25.6. The normalized spacial score (nSPS) is 26.9. The largest absolute Gasteiger partial charge is 0.443 e. The summed E-state index contributed by atoms with van der Waals surface area (Å²) in [5.74, 6) is 1.44. The quantitative estimate of drug-likeness (QED) is 0.319. The second-order valence-electron chi connectivity index (χ2n) is 10.8. The molecule has 36 heavy (non-hydrogen) atoms. The van der Waals surface area contributed by atoms with Crippen molar-refractivity contribution in [3.63, 3.8) is 0 Å². The Morgan fingerprint density at radius 1 is 1.28 bits per heavy atom. The number of carbonyl (C=O) groups excluding carboxylic acids is 1. The van der Waals surface area contributed by atoms with E-state index in [9.17, 15) is 4.79 Å². The van der Waals surface area contributed by atoms with Crippen LogP contribution in [0, 0.1) is 17.8 Å². The maximum atomic E-state index is 12.4. The van der Waals surface area contributed by atoms with Crippen molar-refractivity contribution in [2.75, 3.05) is 31.6 Å². The molecule has 10 heteroatoms. The minimum Gasteiger partial charge on any atom is -0.443 e. The van der Waals surface area contributed by atoms with Crippen LogP contribution < -0.4 is 10.6 Å². The highest BCUT2D eigenvalue weighted by molar-refractivity contribution is 7.97. The fourth-order valence-electron chi connectivity index (χ4n) is 5.31. The van der Waals surface area contributed by atoms with Crippen LogP contribution in [0.4, 0.5) is 10.8 Å². The molecule has 1 amide bonds. The Morgan fingerprint density at radius 3 is 2.94 bits per heavy atom. The van der Waals surface area contributed by atoms with Crippen LogP contribution in [-0.2, 0) is 14.2 Å². The number of oxazole rings is 1. The lowest BCUT2D eigenvalue weighted by Crippen LogP contribution is -2.41. The predicted molar refractivity (Wildman–Crippen MR) is 139 cm³/mol. The molecule has 9 nitrogen and oxygen atoms in total. The third kappa shape index (κ3) is 6.10. The molecule has 2 aliphatic heterocycles. The van der Waals surface area contributed by atoms with E-state index in [0.717, 1.165) is 48.3 Å². The van der Waals surface area contributed by atoms with Crippen LogP contribution in [0.5, 0.6) is 0 Å². The van der Waals surface area contributed by atoms with Gasteiger partial charge in [0.1, 0.15) is 11.6 Å². The van der Waals surface area contributed by atoms with Gasteiger partial charge in [-0.3, -0.25) is 0 Å². The van der Waals surface area contributed by atoms with E-state index in [2.05, 4.69) is 53.7 Å². The zero-order valence-electron chi connectivity index (χ0n) is 21.6. The third-order valence-corrected chi connectivity index (χ3v) is 7.93. The van der Waals surface area contributed by atoms with Crippen molar-refractivity contribution in [3.8, 4) is 0 Å². The number of rotatable bonds is 11. The number of aromatic nitrogens is 1. The standard InChI is InChI=1S/C26H38N4O5S/c1-15(2)13-30(36-18-6-7-20-21(11-18)34-25(29-20)28-16(3)4)9-5-8-27-26(31)35-22-10-17-14-32-24-19(17)12-23(22)33-24/h6-7,11,15-17,19,22-24H,5,8-10,12-14H2,1-4H3,(H,27,31)(H,28,29)/t17?,19?,22-,23?,24?/m0/s1. The highest BCUT2D eigenvalue weighted by Crippen LogP contribution is 2.47. The first-order valence-electron chi connectivity index (χ1n) is 13.2. The molecule has 3 fully saturated rings. The molecule has 3 aliphatic rings. The lowest BCUT2D eigenvalue weighted by molar-refractivity contribution is -0.147. The van der Waals surface area contributed by atoms with Gasteiger partial charge in [0, 0.05) is 36.5 Å². The van der Waals surface area contributed by atoms with Crippen LogP contribution in [0.1, 0.15) is 47.0 Å². The summed E-state index contributed by atoms with van der Waals surface area (Å²) in [6.07, 6.45) is 1.95. The smallest absolute Gasteiger partial charge is 0.407 e. The molecule has 2 aromatic rings. The average molecular weight is 519 g/mol. The van der Waals surface area contributed by atoms with Crippen LogP contribution in [0.3, 0.4) is 0 Å². The van der Waals surface area contributed by atoms with Crippen LogP contribution in [0.2, 0.25) is 0 Å². The second kappa shape index (κ2) is 11.2. The van der Waals surface area contributed by atoms with E-state index in [-0.39, 0.29) is 30.6 Å². The maximum absolute atomic E-state index is 12.4. The number of carbonyl (C=O) groups is 1. The van der Waals surface area contributed by atoms with Gasteiger partial charge in [0.25, 0.3) is 6.01 Å². The molecule has 1 aromatic carbocycles. The molecule has 1 aliphatic carbocycles. The lowest BCUT2D eigenvalue weighted by atomic mass is 9.80. The van der Waals surface area contributed by atoms with Crippen LogP contribution in [0.25, 0.3) is 11.1 Å². The number of benzene rings is 1. The van der Waals surface area contributed by atoms with E-state index in [1.165, 1.54) is 0 Å². The van der Waals surface area contributed by atoms with Gasteiger partial charge in [-0.15, -0.1) is 0 Å². The van der Waals surface area contributed by atoms with E-state index in [4.69, 9.17) is 18.6 Å². The van der Waals surface area contributed by atoms with Crippen LogP contribution >= 0.6 is 11.9 Å². The van der Waals surface area contributed by atoms with Gasteiger partial charge in [-0.25, -0.2) is 9.10 Å². The van der Waals surface area contributed by atoms with Crippen molar-refractivity contribution in [1.29, 1.82) is 0 Å². The molecule has 4 unspecified atom stereocenters. The summed E-state index contributed by atoms with van der Waals surface area (Å²) in [5.41, 5.74) is 1.62. The summed E-state index contributed by atoms with van der Waals surface area (Å²) in [6, 6.07) is 6.92. The van der Waals surface area contributed by atoms with E-state index in [1.807, 2.05) is 12.1 Å². The van der Waals surface area contributed by atoms with Gasteiger partial charge >= 0.3 is 6.09 Å². The Hall–Kier alpha value is -2.01. The third-order valence-electron chi connectivity index (χ3n) is 6.88. The summed E-state index contributed by atoms with van der Waals surface area (Å²) in [5, 5.41) is 6.15. The van der Waals surface area contributed by atoms with Gasteiger partial charge in [-0.1, -0.05) is 13.8 Å². The molecule has 1 aromatic heterocycles. The van der Waals surface area contributed by atoms with Gasteiger partial charge < -0.3 is 29.3 Å². The minimum absolute atomic E-state index is 0.0285. The van der Waals surface area contributed by atoms with Gasteiger partial charge in [-0.05, 0) is 75.1 Å². The Labute approximate surface area is 217 Å². The van der Waals surface area contributed by atoms with E-state index in [0.29, 0.717) is 36.9 Å². The van der Waals surface area contributed by atoms with Crippen LogP contribution in [-0.4, -0.2) is 66.2 Å². The summed E-state index contributed by atoms with van der Waals surface area (Å²) in [6.45, 7) is 11.6. The highest BCUT2D eigenvalue weighted by Gasteiger charge is 2.54. The van der Waals surface area contributed by atoms with Crippen molar-refractivity contribution in [3.05, 3.63) is 18.2 Å². The molecular formula is C26H38N4O5S. The fourth-order valence-corrected chi connectivity index (χ4v) is 6.49. The van der Waals surface area contributed by atoms with Crippen molar-refractivity contribution in [2.45, 2.75) is 76.4 Å². The zero-order valence-corrected chi connectivity index (χ0v) is 22.4.